The van der Waals surface area contributed by atoms with Gasteiger partial charge in [-0.1, -0.05) is 29.8 Å². The SMILES string of the molecule is CN(C)C(CN)c1ccccc1Cl. The molecule has 0 aromatic heterocycles. The zero-order chi connectivity index (χ0) is 9.84. The molecule has 3 heteroatoms. The molecule has 1 aromatic carbocycles. The number of halogens is 1. The van der Waals surface area contributed by atoms with Crippen molar-refractivity contribution in [3.63, 3.8) is 0 Å². The summed E-state index contributed by atoms with van der Waals surface area (Å²) in [6.45, 7) is 0.580. The second-order valence-corrected chi connectivity index (χ2v) is 3.64. The van der Waals surface area contributed by atoms with Gasteiger partial charge in [0.1, 0.15) is 0 Å². The molecule has 2 N–H and O–H groups in total. The van der Waals surface area contributed by atoms with Crippen LogP contribution in [0.4, 0.5) is 0 Å². The number of hydrogen-bond donors (Lipinski definition) is 1. The summed E-state index contributed by atoms with van der Waals surface area (Å²) in [5.41, 5.74) is 6.77. The molecule has 0 saturated heterocycles. The Kier molecular flexibility index (Phi) is 3.72. The molecular formula is C10H15ClN2. The highest BCUT2D eigenvalue weighted by atomic mass is 35.5. The summed E-state index contributed by atoms with van der Waals surface area (Å²) in [5, 5.41) is 0.784. The molecule has 0 aliphatic heterocycles. The first kappa shape index (κ1) is 10.5. The van der Waals surface area contributed by atoms with Gasteiger partial charge in [-0.2, -0.15) is 0 Å². The smallest absolute Gasteiger partial charge is 0.0479 e. The van der Waals surface area contributed by atoms with Gasteiger partial charge in [0.25, 0.3) is 0 Å². The maximum Gasteiger partial charge on any atom is 0.0479 e. The van der Waals surface area contributed by atoms with Crippen molar-refractivity contribution in [2.45, 2.75) is 6.04 Å². The van der Waals surface area contributed by atoms with Crippen LogP contribution in [-0.2, 0) is 0 Å². The lowest BCUT2D eigenvalue weighted by Gasteiger charge is -2.23. The largest absolute Gasteiger partial charge is 0.329 e. The Balaban J connectivity index is 2.97. The van der Waals surface area contributed by atoms with E-state index in [2.05, 4.69) is 4.90 Å². The van der Waals surface area contributed by atoms with E-state index in [0.717, 1.165) is 10.6 Å². The quantitative estimate of drug-likeness (QED) is 0.804. The molecule has 1 unspecified atom stereocenters. The van der Waals surface area contributed by atoms with Crippen molar-refractivity contribution in [3.8, 4) is 0 Å². The van der Waals surface area contributed by atoms with Gasteiger partial charge < -0.3 is 10.6 Å². The monoisotopic (exact) mass is 198 g/mol. The fraction of sp³-hybridized carbons (Fsp3) is 0.400. The first-order valence-corrected chi connectivity index (χ1v) is 4.65. The molecule has 0 spiro atoms. The number of nitrogens with two attached hydrogens (primary N) is 1. The molecule has 13 heavy (non-hydrogen) atoms. The molecule has 1 atom stereocenters. The van der Waals surface area contributed by atoms with Crippen LogP contribution < -0.4 is 5.73 Å². The molecule has 0 heterocycles. The van der Waals surface area contributed by atoms with Crippen molar-refractivity contribution >= 4 is 11.6 Å². The van der Waals surface area contributed by atoms with Crippen molar-refractivity contribution in [1.29, 1.82) is 0 Å². The van der Waals surface area contributed by atoms with Crippen LogP contribution in [0, 0.1) is 0 Å². The number of nitrogens with zero attached hydrogens (tertiary/aromatic N) is 1. The van der Waals surface area contributed by atoms with E-state index in [-0.39, 0.29) is 6.04 Å². The molecule has 0 radical (unpaired) electrons. The Labute approximate surface area is 84.3 Å². The Bertz CT molecular complexity index is 273. The second-order valence-electron chi connectivity index (χ2n) is 3.24. The zero-order valence-corrected chi connectivity index (χ0v) is 8.75. The average Bonchev–Trinajstić information content (AvgIpc) is 2.09. The van der Waals surface area contributed by atoms with Crippen molar-refractivity contribution in [2.24, 2.45) is 5.73 Å². The summed E-state index contributed by atoms with van der Waals surface area (Å²) >= 11 is 6.06. The summed E-state index contributed by atoms with van der Waals surface area (Å²) in [4.78, 5) is 2.07. The van der Waals surface area contributed by atoms with Gasteiger partial charge in [-0.25, -0.2) is 0 Å². The zero-order valence-electron chi connectivity index (χ0n) is 8.00. The van der Waals surface area contributed by atoms with Crippen LogP contribution in [0.5, 0.6) is 0 Å². The van der Waals surface area contributed by atoms with Gasteiger partial charge in [-0.15, -0.1) is 0 Å². The van der Waals surface area contributed by atoms with E-state index in [1.807, 2.05) is 38.4 Å². The maximum atomic E-state index is 6.06. The topological polar surface area (TPSA) is 29.3 Å². The molecule has 72 valence electrons. The number of rotatable bonds is 3. The van der Waals surface area contributed by atoms with Crippen molar-refractivity contribution in [1.82, 2.24) is 4.90 Å². The van der Waals surface area contributed by atoms with Gasteiger partial charge in [-0.05, 0) is 25.7 Å². The highest BCUT2D eigenvalue weighted by molar-refractivity contribution is 6.31. The van der Waals surface area contributed by atoms with Crippen LogP contribution in [0.2, 0.25) is 5.02 Å². The molecule has 1 aromatic rings. The van der Waals surface area contributed by atoms with Crippen LogP contribution in [0.3, 0.4) is 0 Å². The predicted molar refractivity (Wildman–Crippen MR) is 56.9 cm³/mol. The van der Waals surface area contributed by atoms with Crippen molar-refractivity contribution in [2.75, 3.05) is 20.6 Å². The third-order valence-electron chi connectivity index (χ3n) is 2.11. The van der Waals surface area contributed by atoms with Gasteiger partial charge in [0.2, 0.25) is 0 Å². The molecule has 0 aliphatic rings. The third kappa shape index (κ3) is 2.44. The summed E-state index contributed by atoms with van der Waals surface area (Å²) < 4.78 is 0. The second kappa shape index (κ2) is 4.61. The van der Waals surface area contributed by atoms with Crippen molar-refractivity contribution in [3.05, 3.63) is 34.9 Å². The van der Waals surface area contributed by atoms with Crippen LogP contribution in [0.1, 0.15) is 11.6 Å². The maximum absolute atomic E-state index is 6.06. The Morgan fingerprint density at radius 3 is 2.46 bits per heavy atom. The Morgan fingerprint density at radius 1 is 1.38 bits per heavy atom. The molecular weight excluding hydrogens is 184 g/mol. The standard InChI is InChI=1S/C10H15ClN2/c1-13(2)10(7-12)8-5-3-4-6-9(8)11/h3-6,10H,7,12H2,1-2H3. The van der Waals surface area contributed by atoms with E-state index in [1.54, 1.807) is 0 Å². The van der Waals surface area contributed by atoms with E-state index in [4.69, 9.17) is 17.3 Å². The molecule has 0 amide bonds. The molecule has 0 fully saturated rings. The third-order valence-corrected chi connectivity index (χ3v) is 2.46. The van der Waals surface area contributed by atoms with Gasteiger partial charge in [0, 0.05) is 17.6 Å². The van der Waals surface area contributed by atoms with E-state index >= 15 is 0 Å². The lowest BCUT2D eigenvalue weighted by Crippen LogP contribution is -2.27. The molecule has 0 bridgehead atoms. The Morgan fingerprint density at radius 2 is 2.00 bits per heavy atom. The average molecular weight is 199 g/mol. The molecule has 0 aliphatic carbocycles. The number of hydrogen-bond acceptors (Lipinski definition) is 2. The minimum atomic E-state index is 0.202. The summed E-state index contributed by atoms with van der Waals surface area (Å²) in [7, 11) is 4.00. The fourth-order valence-electron chi connectivity index (χ4n) is 1.36. The van der Waals surface area contributed by atoms with Crippen LogP contribution in [0.25, 0.3) is 0 Å². The van der Waals surface area contributed by atoms with Crippen molar-refractivity contribution < 1.29 is 0 Å². The van der Waals surface area contributed by atoms with E-state index in [9.17, 15) is 0 Å². The van der Waals surface area contributed by atoms with Gasteiger partial charge in [-0.3, -0.25) is 0 Å². The van der Waals surface area contributed by atoms with Crippen LogP contribution in [-0.4, -0.2) is 25.5 Å². The normalized spacial score (nSPS) is 13.3. The summed E-state index contributed by atoms with van der Waals surface area (Å²) in [6, 6.07) is 8.01. The summed E-state index contributed by atoms with van der Waals surface area (Å²) in [6.07, 6.45) is 0. The highest BCUT2D eigenvalue weighted by Gasteiger charge is 2.13. The predicted octanol–water partition coefficient (Wildman–Crippen LogP) is 1.90. The Hall–Kier alpha value is -0.570. The molecule has 1 rings (SSSR count). The van der Waals surface area contributed by atoms with Crippen LogP contribution >= 0.6 is 11.6 Å². The minimum Gasteiger partial charge on any atom is -0.329 e. The van der Waals surface area contributed by atoms with E-state index < -0.39 is 0 Å². The minimum absolute atomic E-state index is 0.202. The first-order chi connectivity index (χ1) is 6.16. The number of benzene rings is 1. The lowest BCUT2D eigenvalue weighted by atomic mass is 10.1. The van der Waals surface area contributed by atoms with Gasteiger partial charge in [0.15, 0.2) is 0 Å². The fourth-order valence-corrected chi connectivity index (χ4v) is 1.62. The van der Waals surface area contributed by atoms with E-state index in [1.165, 1.54) is 0 Å². The highest BCUT2D eigenvalue weighted by Crippen LogP contribution is 2.24. The molecule has 0 saturated carbocycles. The van der Waals surface area contributed by atoms with Gasteiger partial charge in [0.05, 0.1) is 0 Å². The van der Waals surface area contributed by atoms with Gasteiger partial charge >= 0.3 is 0 Å². The first-order valence-electron chi connectivity index (χ1n) is 4.27. The lowest BCUT2D eigenvalue weighted by molar-refractivity contribution is 0.306. The van der Waals surface area contributed by atoms with Crippen LogP contribution in [0.15, 0.2) is 24.3 Å². The van der Waals surface area contributed by atoms with E-state index in [0.29, 0.717) is 6.54 Å². The molecule has 2 nitrogen and oxygen atoms in total. The summed E-state index contributed by atoms with van der Waals surface area (Å²) in [5.74, 6) is 0. The number of likely N-dealkylation sites (N-methyl/N-ethyl adjacent to an activating group) is 1.